The topological polar surface area (TPSA) is 0 Å². The molecule has 0 aromatic heterocycles. The van der Waals surface area contributed by atoms with Gasteiger partial charge >= 0.3 is 0 Å². The number of hydrogen-bond acceptors (Lipinski definition) is 0. The molecular formula is C5H6Cl2. The Morgan fingerprint density at radius 2 is 2.43 bits per heavy atom. The van der Waals surface area contributed by atoms with Gasteiger partial charge in [0.05, 0.1) is 5.38 Å². The molecule has 0 heterocycles. The minimum absolute atomic E-state index is 0.248. The molecule has 1 atom stereocenters. The molecule has 0 amide bonds. The molecule has 0 aliphatic heterocycles. The van der Waals surface area contributed by atoms with Crippen LogP contribution < -0.4 is 0 Å². The van der Waals surface area contributed by atoms with E-state index in [1.54, 1.807) is 5.54 Å². The fraction of sp³-hybridized carbons (Fsp3) is 0.600. The van der Waals surface area contributed by atoms with Gasteiger partial charge in [0.15, 0.2) is 0 Å². The van der Waals surface area contributed by atoms with E-state index in [2.05, 4.69) is 0 Å². The van der Waals surface area contributed by atoms with Gasteiger partial charge in [0.2, 0.25) is 0 Å². The van der Waals surface area contributed by atoms with Gasteiger partial charge in [-0.15, -0.1) is 11.6 Å². The molecule has 0 saturated heterocycles. The van der Waals surface area contributed by atoms with Crippen LogP contribution >= 0.6 is 23.2 Å². The summed E-state index contributed by atoms with van der Waals surface area (Å²) in [6.07, 6.45) is 2.19. The van der Waals surface area contributed by atoms with Gasteiger partial charge in [0.25, 0.3) is 0 Å². The smallest absolute Gasteiger partial charge is 0.0559 e. The van der Waals surface area contributed by atoms with Gasteiger partial charge in [0.1, 0.15) is 0 Å². The number of hydrogen-bond donors (Lipinski definition) is 0. The minimum atomic E-state index is 0.248. The molecule has 0 bridgehead atoms. The maximum Gasteiger partial charge on any atom is 0.0559 e. The lowest BCUT2D eigenvalue weighted by molar-refractivity contribution is 0.674. The maximum absolute atomic E-state index is 5.66. The predicted octanol–water partition coefficient (Wildman–Crippen LogP) is 2.51. The van der Waals surface area contributed by atoms with Gasteiger partial charge in [-0.05, 0) is 18.4 Å². The van der Waals surface area contributed by atoms with Crippen molar-refractivity contribution in [2.75, 3.05) is 0 Å². The lowest BCUT2D eigenvalue weighted by Crippen LogP contribution is -2.13. The first kappa shape index (κ1) is 5.46. The van der Waals surface area contributed by atoms with Crippen molar-refractivity contribution in [2.45, 2.75) is 18.2 Å². The molecule has 1 aliphatic rings. The van der Waals surface area contributed by atoms with Crippen LogP contribution in [-0.4, -0.2) is 5.38 Å². The lowest BCUT2D eigenvalue weighted by Gasteiger charge is -2.22. The average molecular weight is 137 g/mol. The number of halogens is 2. The third-order valence-electron chi connectivity index (χ3n) is 1.23. The molecule has 0 aromatic rings. The zero-order chi connectivity index (χ0) is 5.28. The van der Waals surface area contributed by atoms with Crippen molar-refractivity contribution >= 4 is 23.2 Å². The standard InChI is InChI=1S/C5H6Cl2/c6-3-4-1-2-5(4)7/h3,5H,1-2H2/b4-3+. The summed E-state index contributed by atoms with van der Waals surface area (Å²) in [6, 6.07) is 0. The highest BCUT2D eigenvalue weighted by atomic mass is 35.5. The van der Waals surface area contributed by atoms with E-state index in [9.17, 15) is 0 Å². The van der Waals surface area contributed by atoms with Crippen molar-refractivity contribution < 1.29 is 0 Å². The zero-order valence-corrected chi connectivity index (χ0v) is 5.34. The van der Waals surface area contributed by atoms with Crippen LogP contribution in [0.4, 0.5) is 0 Å². The molecule has 1 aliphatic carbocycles. The molecule has 0 aromatic carbocycles. The predicted molar refractivity (Wildman–Crippen MR) is 32.8 cm³/mol. The first-order valence-corrected chi connectivity index (χ1v) is 3.15. The van der Waals surface area contributed by atoms with Gasteiger partial charge in [-0.25, -0.2) is 0 Å². The van der Waals surface area contributed by atoms with Gasteiger partial charge < -0.3 is 0 Å². The first-order chi connectivity index (χ1) is 3.34. The van der Waals surface area contributed by atoms with Crippen LogP contribution in [0.5, 0.6) is 0 Å². The Bertz CT molecular complexity index is 96.3. The number of allylic oxidation sites excluding steroid dienone is 1. The average Bonchev–Trinajstić information content (AvgIpc) is 1.65. The Kier molecular flexibility index (Phi) is 1.61. The van der Waals surface area contributed by atoms with E-state index >= 15 is 0 Å². The number of alkyl halides is 1. The summed E-state index contributed by atoms with van der Waals surface area (Å²) in [6.45, 7) is 0. The second-order valence-corrected chi connectivity index (χ2v) is 2.44. The van der Waals surface area contributed by atoms with E-state index in [4.69, 9.17) is 23.2 Å². The van der Waals surface area contributed by atoms with Gasteiger partial charge in [0, 0.05) is 5.54 Å². The van der Waals surface area contributed by atoms with Crippen LogP contribution in [0.25, 0.3) is 0 Å². The summed E-state index contributed by atoms with van der Waals surface area (Å²) in [5, 5.41) is 0.248. The summed E-state index contributed by atoms with van der Waals surface area (Å²) in [7, 11) is 0. The van der Waals surface area contributed by atoms with E-state index in [1.807, 2.05) is 0 Å². The molecule has 2 heteroatoms. The van der Waals surface area contributed by atoms with Gasteiger partial charge in [-0.2, -0.15) is 0 Å². The monoisotopic (exact) mass is 136 g/mol. The SMILES string of the molecule is Cl/C=C1\CCC1Cl. The molecule has 0 nitrogen and oxygen atoms in total. The van der Waals surface area contributed by atoms with Crippen LogP contribution in [0.1, 0.15) is 12.8 Å². The van der Waals surface area contributed by atoms with Crippen molar-refractivity contribution in [3.05, 3.63) is 11.1 Å². The van der Waals surface area contributed by atoms with Crippen molar-refractivity contribution in [3.63, 3.8) is 0 Å². The summed E-state index contributed by atoms with van der Waals surface area (Å²) >= 11 is 11.0. The zero-order valence-electron chi connectivity index (χ0n) is 3.82. The highest BCUT2D eigenvalue weighted by molar-refractivity contribution is 6.28. The first-order valence-electron chi connectivity index (χ1n) is 2.28. The summed E-state index contributed by atoms with van der Waals surface area (Å²) < 4.78 is 0. The highest BCUT2D eigenvalue weighted by Gasteiger charge is 2.19. The maximum atomic E-state index is 5.66. The van der Waals surface area contributed by atoms with Crippen molar-refractivity contribution in [1.82, 2.24) is 0 Å². The Morgan fingerprint density at radius 3 is 2.43 bits per heavy atom. The fourth-order valence-electron chi connectivity index (χ4n) is 0.543. The quantitative estimate of drug-likeness (QED) is 0.450. The Morgan fingerprint density at radius 1 is 1.71 bits per heavy atom. The Labute approximate surface area is 53.1 Å². The molecule has 1 unspecified atom stereocenters. The molecule has 7 heavy (non-hydrogen) atoms. The second kappa shape index (κ2) is 2.06. The molecule has 0 spiro atoms. The van der Waals surface area contributed by atoms with Crippen molar-refractivity contribution in [1.29, 1.82) is 0 Å². The van der Waals surface area contributed by atoms with Gasteiger partial charge in [-0.3, -0.25) is 0 Å². The normalized spacial score (nSPS) is 35.7. The van der Waals surface area contributed by atoms with E-state index in [0.717, 1.165) is 12.8 Å². The Balaban J connectivity index is 2.44. The van der Waals surface area contributed by atoms with Crippen molar-refractivity contribution in [3.8, 4) is 0 Å². The molecular weight excluding hydrogens is 131 g/mol. The molecule has 0 radical (unpaired) electrons. The molecule has 1 rings (SSSR count). The summed E-state index contributed by atoms with van der Waals surface area (Å²) in [5.74, 6) is 0. The third-order valence-corrected chi connectivity index (χ3v) is 2.01. The molecule has 40 valence electrons. The van der Waals surface area contributed by atoms with Crippen LogP contribution in [0.3, 0.4) is 0 Å². The molecule has 0 N–H and O–H groups in total. The van der Waals surface area contributed by atoms with E-state index in [0.29, 0.717) is 0 Å². The van der Waals surface area contributed by atoms with E-state index in [-0.39, 0.29) is 5.38 Å². The fourth-order valence-corrected chi connectivity index (χ4v) is 1.15. The van der Waals surface area contributed by atoms with Crippen LogP contribution in [-0.2, 0) is 0 Å². The van der Waals surface area contributed by atoms with Crippen LogP contribution in [0.2, 0.25) is 0 Å². The molecule has 1 saturated carbocycles. The van der Waals surface area contributed by atoms with Crippen molar-refractivity contribution in [2.24, 2.45) is 0 Å². The second-order valence-electron chi connectivity index (χ2n) is 1.69. The minimum Gasteiger partial charge on any atom is -0.118 e. The molecule has 1 fully saturated rings. The van der Waals surface area contributed by atoms with Crippen LogP contribution in [0.15, 0.2) is 11.1 Å². The number of rotatable bonds is 0. The summed E-state index contributed by atoms with van der Waals surface area (Å²) in [5.41, 5.74) is 2.77. The van der Waals surface area contributed by atoms with E-state index in [1.165, 1.54) is 5.57 Å². The largest absolute Gasteiger partial charge is 0.118 e. The van der Waals surface area contributed by atoms with Gasteiger partial charge in [-0.1, -0.05) is 11.6 Å². The third kappa shape index (κ3) is 0.920. The van der Waals surface area contributed by atoms with E-state index < -0.39 is 0 Å². The Hall–Kier alpha value is 0.320. The summed E-state index contributed by atoms with van der Waals surface area (Å²) in [4.78, 5) is 0. The highest BCUT2D eigenvalue weighted by Crippen LogP contribution is 2.31. The van der Waals surface area contributed by atoms with Crippen LogP contribution in [0, 0.1) is 0 Å². The lowest BCUT2D eigenvalue weighted by atomic mass is 9.94.